The first-order valence-electron chi connectivity index (χ1n) is 9.60. The van der Waals surface area contributed by atoms with Gasteiger partial charge in [-0.2, -0.15) is 0 Å². The lowest BCUT2D eigenvalue weighted by molar-refractivity contribution is 0.0941. The molecule has 2 aromatic heterocycles. The van der Waals surface area contributed by atoms with Crippen LogP contribution in [-0.4, -0.2) is 22.8 Å². The summed E-state index contributed by atoms with van der Waals surface area (Å²) in [5.74, 6) is -0.133. The van der Waals surface area contributed by atoms with E-state index < -0.39 is 0 Å². The average Bonchev–Trinajstić information content (AvgIpc) is 3.40. The van der Waals surface area contributed by atoms with Gasteiger partial charge in [0.25, 0.3) is 5.91 Å². The molecule has 5 rings (SSSR count). The van der Waals surface area contributed by atoms with Gasteiger partial charge in [0.2, 0.25) is 0 Å². The van der Waals surface area contributed by atoms with Crippen LogP contribution in [0.5, 0.6) is 0 Å². The Morgan fingerprint density at radius 2 is 1.83 bits per heavy atom. The largest absolute Gasteiger partial charge is 0.343 e. The van der Waals surface area contributed by atoms with Crippen LogP contribution in [0.2, 0.25) is 0 Å². The minimum atomic E-state index is -0.0995. The number of Topliss-reactive ketones (excluding diaryl/α,β-unsaturated/α-hetero) is 1. The number of rotatable bonds is 5. The molecule has 0 bridgehead atoms. The molecule has 0 aliphatic carbocycles. The number of aromatic nitrogens is 1. The molecule has 0 unspecified atom stereocenters. The molecular weight excluding hydrogens is 380 g/mol. The fourth-order valence-electron chi connectivity index (χ4n) is 4.25. The summed E-state index contributed by atoms with van der Waals surface area (Å²) in [6.45, 7) is 4.82. The van der Waals surface area contributed by atoms with Crippen molar-refractivity contribution in [3.63, 3.8) is 0 Å². The highest BCUT2D eigenvalue weighted by atomic mass is 32.1. The first-order chi connectivity index (χ1) is 14.0. The Morgan fingerprint density at radius 3 is 2.59 bits per heavy atom. The number of thiophene rings is 1. The van der Waals surface area contributed by atoms with Crippen LogP contribution in [0, 0.1) is 13.8 Å². The van der Waals surface area contributed by atoms with E-state index in [0.29, 0.717) is 11.1 Å². The lowest BCUT2D eigenvalue weighted by atomic mass is 10.1. The zero-order valence-corrected chi connectivity index (χ0v) is 17.1. The van der Waals surface area contributed by atoms with Gasteiger partial charge in [-0.1, -0.05) is 30.3 Å². The number of nitrogens with zero attached hydrogens (tertiary/aromatic N) is 2. The summed E-state index contributed by atoms with van der Waals surface area (Å²) >= 11 is 1.71. The molecule has 0 atom stereocenters. The molecular formula is C24H20N2O2S. The number of benzene rings is 2. The fraction of sp³-hybridized carbons (Fsp3) is 0.167. The molecule has 4 aromatic rings. The van der Waals surface area contributed by atoms with Crippen LogP contribution in [0.3, 0.4) is 0 Å². The molecule has 1 amide bonds. The van der Waals surface area contributed by atoms with Crippen LogP contribution in [0.15, 0.2) is 60.0 Å². The molecule has 0 radical (unpaired) electrons. The van der Waals surface area contributed by atoms with Gasteiger partial charge in [-0.05, 0) is 48.9 Å². The highest BCUT2D eigenvalue weighted by Crippen LogP contribution is 2.37. The minimum Gasteiger partial charge on any atom is -0.343 e. The van der Waals surface area contributed by atoms with E-state index in [1.54, 1.807) is 16.2 Å². The van der Waals surface area contributed by atoms with Crippen molar-refractivity contribution in [2.45, 2.75) is 20.4 Å². The van der Waals surface area contributed by atoms with Crippen molar-refractivity contribution in [2.75, 3.05) is 11.4 Å². The van der Waals surface area contributed by atoms with Crippen molar-refractivity contribution in [3.05, 3.63) is 87.4 Å². The second-order valence-corrected chi connectivity index (χ2v) is 8.48. The van der Waals surface area contributed by atoms with Crippen molar-refractivity contribution in [1.82, 2.24) is 4.57 Å². The smallest absolute Gasteiger partial charge is 0.259 e. The summed E-state index contributed by atoms with van der Waals surface area (Å²) in [7, 11) is 0. The Hall–Kier alpha value is -3.18. The summed E-state index contributed by atoms with van der Waals surface area (Å²) in [5, 5.41) is 4.03. The fourth-order valence-corrected chi connectivity index (χ4v) is 4.94. The van der Waals surface area contributed by atoms with E-state index in [4.69, 9.17) is 0 Å². The van der Waals surface area contributed by atoms with Gasteiger partial charge in [-0.3, -0.25) is 14.5 Å². The van der Waals surface area contributed by atoms with Gasteiger partial charge >= 0.3 is 0 Å². The summed E-state index contributed by atoms with van der Waals surface area (Å²) in [4.78, 5) is 29.1. The number of hydrogen-bond donors (Lipinski definition) is 0. The maximum atomic E-state index is 13.2. The third-order valence-corrected chi connectivity index (χ3v) is 6.58. The summed E-state index contributed by atoms with van der Waals surface area (Å²) in [6, 6.07) is 17.7. The second kappa shape index (κ2) is 6.71. The number of carbonyl (C=O) groups excluding carboxylic acids is 2. The number of anilines is 1. The SMILES string of the molecule is Cc1cc(C(=O)CN2C(=O)c3cccc4cccc2c34)c(C)n1Cc1cccs1. The summed E-state index contributed by atoms with van der Waals surface area (Å²) in [5.41, 5.74) is 4.19. The van der Waals surface area contributed by atoms with Gasteiger partial charge in [0.05, 0.1) is 18.8 Å². The minimum absolute atomic E-state index is 0.0336. The first-order valence-corrected chi connectivity index (χ1v) is 10.5. The zero-order valence-electron chi connectivity index (χ0n) is 16.3. The molecule has 0 spiro atoms. The third-order valence-electron chi connectivity index (χ3n) is 5.72. The molecule has 0 saturated heterocycles. The quantitative estimate of drug-likeness (QED) is 0.432. The summed E-state index contributed by atoms with van der Waals surface area (Å²) < 4.78 is 2.17. The molecule has 1 aliphatic rings. The average molecular weight is 401 g/mol. The van der Waals surface area contributed by atoms with Gasteiger partial charge in [-0.25, -0.2) is 0 Å². The molecule has 1 aliphatic heterocycles. The Kier molecular flexibility index (Phi) is 4.14. The molecule has 3 heterocycles. The van der Waals surface area contributed by atoms with Crippen LogP contribution in [0.25, 0.3) is 10.8 Å². The molecule has 29 heavy (non-hydrogen) atoms. The monoisotopic (exact) mass is 400 g/mol. The van der Waals surface area contributed by atoms with Crippen molar-refractivity contribution in [1.29, 1.82) is 0 Å². The Labute approximate surface area is 173 Å². The highest BCUT2D eigenvalue weighted by Gasteiger charge is 2.31. The van der Waals surface area contributed by atoms with E-state index in [-0.39, 0.29) is 18.2 Å². The Balaban J connectivity index is 1.46. The van der Waals surface area contributed by atoms with Crippen molar-refractivity contribution in [3.8, 4) is 0 Å². The van der Waals surface area contributed by atoms with Crippen LogP contribution in [0.1, 0.15) is 37.0 Å². The van der Waals surface area contributed by atoms with E-state index in [9.17, 15) is 9.59 Å². The van der Waals surface area contributed by atoms with E-state index in [1.807, 2.05) is 62.4 Å². The first kappa shape index (κ1) is 17.9. The topological polar surface area (TPSA) is 42.3 Å². The lowest BCUT2D eigenvalue weighted by Crippen LogP contribution is -2.32. The van der Waals surface area contributed by atoms with Crippen molar-refractivity contribution >= 4 is 39.5 Å². The van der Waals surface area contributed by atoms with Gasteiger partial charge in [-0.15, -0.1) is 11.3 Å². The van der Waals surface area contributed by atoms with Crippen molar-refractivity contribution in [2.24, 2.45) is 0 Å². The molecule has 0 N–H and O–H groups in total. The van der Waals surface area contributed by atoms with E-state index >= 15 is 0 Å². The standard InChI is InChI=1S/C24H20N2O2S/c1-15-12-20(16(2)25(15)13-18-8-5-11-29-18)22(27)14-26-21-10-4-7-17-6-3-9-19(23(17)21)24(26)28/h3-12H,13-14H2,1-2H3. The molecule has 0 saturated carbocycles. The number of hydrogen-bond acceptors (Lipinski definition) is 3. The van der Waals surface area contributed by atoms with Gasteiger partial charge < -0.3 is 4.57 Å². The summed E-state index contributed by atoms with van der Waals surface area (Å²) in [6.07, 6.45) is 0. The van der Waals surface area contributed by atoms with E-state index in [2.05, 4.69) is 16.0 Å². The maximum absolute atomic E-state index is 13.2. The second-order valence-electron chi connectivity index (χ2n) is 7.45. The van der Waals surface area contributed by atoms with Crippen LogP contribution >= 0.6 is 11.3 Å². The lowest BCUT2D eigenvalue weighted by Gasteiger charge is -2.17. The normalized spacial score (nSPS) is 12.9. The molecule has 5 heteroatoms. The molecule has 4 nitrogen and oxygen atoms in total. The van der Waals surface area contributed by atoms with Gasteiger partial charge in [0.15, 0.2) is 5.78 Å². The van der Waals surface area contributed by atoms with Crippen LogP contribution in [-0.2, 0) is 6.54 Å². The zero-order chi connectivity index (χ0) is 20.1. The Bertz CT molecular complexity index is 1260. The maximum Gasteiger partial charge on any atom is 0.259 e. The van der Waals surface area contributed by atoms with Gasteiger partial charge in [0, 0.05) is 32.8 Å². The molecule has 2 aromatic carbocycles. The predicted octanol–water partition coefficient (Wildman–Crippen LogP) is 5.21. The van der Waals surface area contributed by atoms with E-state index in [1.165, 1.54) is 4.88 Å². The number of ketones is 1. The number of carbonyl (C=O) groups is 2. The van der Waals surface area contributed by atoms with E-state index in [0.717, 1.165) is 34.4 Å². The van der Waals surface area contributed by atoms with Gasteiger partial charge in [0.1, 0.15) is 0 Å². The Morgan fingerprint density at radius 1 is 1.03 bits per heavy atom. The number of amides is 1. The molecule has 0 fully saturated rings. The van der Waals surface area contributed by atoms with Crippen LogP contribution < -0.4 is 4.90 Å². The van der Waals surface area contributed by atoms with Crippen LogP contribution in [0.4, 0.5) is 5.69 Å². The molecule has 144 valence electrons. The predicted molar refractivity (Wildman–Crippen MR) is 117 cm³/mol. The van der Waals surface area contributed by atoms with Crippen molar-refractivity contribution < 1.29 is 9.59 Å². The third kappa shape index (κ3) is 2.81. The highest BCUT2D eigenvalue weighted by molar-refractivity contribution is 7.09. The number of aryl methyl sites for hydroxylation is 1.